The van der Waals surface area contributed by atoms with Crippen molar-refractivity contribution in [2.45, 2.75) is 32.6 Å². The summed E-state index contributed by atoms with van der Waals surface area (Å²) in [5, 5.41) is 0. The number of methoxy groups -OCH3 is 1. The maximum Gasteiger partial charge on any atom is 0.130 e. The van der Waals surface area contributed by atoms with Crippen LogP contribution in [0.15, 0.2) is 18.2 Å². The Morgan fingerprint density at radius 2 is 2.07 bits per heavy atom. The minimum absolute atomic E-state index is 0.490. The Morgan fingerprint density at radius 3 is 2.53 bits per heavy atom. The van der Waals surface area contributed by atoms with Crippen molar-refractivity contribution in [1.29, 1.82) is 0 Å². The van der Waals surface area contributed by atoms with E-state index in [0.717, 1.165) is 24.0 Å². The number of ether oxygens (including phenoxy) is 1. The lowest BCUT2D eigenvalue weighted by Gasteiger charge is -2.21. The van der Waals surface area contributed by atoms with Gasteiger partial charge in [0.1, 0.15) is 12.0 Å². The molecule has 0 amide bonds. The number of aryl methyl sites for hydroxylation is 1. The predicted molar refractivity (Wildman–Crippen MR) is 61.5 cm³/mol. The van der Waals surface area contributed by atoms with Crippen molar-refractivity contribution >= 4 is 6.29 Å². The van der Waals surface area contributed by atoms with Gasteiger partial charge in [0.05, 0.1) is 7.11 Å². The van der Waals surface area contributed by atoms with Crippen LogP contribution in [0.2, 0.25) is 0 Å². The molecule has 0 N–H and O–H groups in total. The lowest BCUT2D eigenvalue weighted by atomic mass is 9.84. The normalized spacial score (nSPS) is 11.2. The molecule has 0 fully saturated rings. The summed E-state index contributed by atoms with van der Waals surface area (Å²) in [6, 6.07) is 6.01. The van der Waals surface area contributed by atoms with Crippen LogP contribution < -0.4 is 4.74 Å². The Bertz CT molecular complexity index is 354. The lowest BCUT2D eigenvalue weighted by Crippen LogP contribution is -2.20. The summed E-state index contributed by atoms with van der Waals surface area (Å²) in [6.07, 6.45) is 1.93. The molecule has 0 radical (unpaired) electrons. The van der Waals surface area contributed by atoms with Gasteiger partial charge in [-0.2, -0.15) is 0 Å². The zero-order chi connectivity index (χ0) is 11.5. The zero-order valence-electron chi connectivity index (χ0n) is 9.83. The third-order valence-electron chi connectivity index (χ3n) is 2.66. The van der Waals surface area contributed by atoms with Crippen molar-refractivity contribution in [2.24, 2.45) is 0 Å². The predicted octanol–water partition coefficient (Wildman–Crippen LogP) is 2.73. The first kappa shape index (κ1) is 11.8. The van der Waals surface area contributed by atoms with Gasteiger partial charge in [0.15, 0.2) is 0 Å². The van der Waals surface area contributed by atoms with Gasteiger partial charge in [-0.25, -0.2) is 0 Å². The summed E-state index contributed by atoms with van der Waals surface area (Å²) in [5.41, 5.74) is 1.69. The number of hydrogen-bond donors (Lipinski definition) is 0. The van der Waals surface area contributed by atoms with Crippen LogP contribution in [0, 0.1) is 0 Å². The zero-order valence-corrected chi connectivity index (χ0v) is 9.83. The van der Waals surface area contributed by atoms with Gasteiger partial charge in [-0.15, -0.1) is 0 Å². The molecule has 2 nitrogen and oxygen atoms in total. The first-order valence-electron chi connectivity index (χ1n) is 5.19. The summed E-state index contributed by atoms with van der Waals surface area (Å²) in [7, 11) is 1.63. The van der Waals surface area contributed by atoms with E-state index in [1.807, 2.05) is 32.0 Å². The fourth-order valence-electron chi connectivity index (χ4n) is 1.54. The topological polar surface area (TPSA) is 26.3 Å². The molecule has 0 aliphatic rings. The molecule has 15 heavy (non-hydrogen) atoms. The van der Waals surface area contributed by atoms with Crippen LogP contribution in [-0.2, 0) is 16.6 Å². The van der Waals surface area contributed by atoms with E-state index in [4.69, 9.17) is 4.74 Å². The minimum atomic E-state index is -0.490. The summed E-state index contributed by atoms with van der Waals surface area (Å²) in [4.78, 5) is 11.0. The number of carbonyl (C=O) groups is 1. The van der Waals surface area contributed by atoms with Crippen LogP contribution >= 0.6 is 0 Å². The Morgan fingerprint density at radius 1 is 1.40 bits per heavy atom. The van der Waals surface area contributed by atoms with E-state index in [1.165, 1.54) is 5.56 Å². The largest absolute Gasteiger partial charge is 0.496 e. The molecule has 0 aliphatic carbocycles. The fraction of sp³-hybridized carbons (Fsp3) is 0.462. The van der Waals surface area contributed by atoms with Gasteiger partial charge in [-0.1, -0.05) is 19.1 Å². The van der Waals surface area contributed by atoms with Crippen LogP contribution in [0.5, 0.6) is 5.75 Å². The first-order valence-corrected chi connectivity index (χ1v) is 5.19. The SMILES string of the molecule is CCc1ccc(OC)c(C(C)(C)C=O)c1. The van der Waals surface area contributed by atoms with Crippen LogP contribution in [0.3, 0.4) is 0 Å². The Balaban J connectivity index is 3.29. The maximum atomic E-state index is 11.0. The van der Waals surface area contributed by atoms with Gasteiger partial charge < -0.3 is 9.53 Å². The molecule has 0 aromatic heterocycles. The quantitative estimate of drug-likeness (QED) is 0.708. The van der Waals surface area contributed by atoms with Gasteiger partial charge in [0.25, 0.3) is 0 Å². The van der Waals surface area contributed by atoms with Crippen LogP contribution in [0.4, 0.5) is 0 Å². The highest BCUT2D eigenvalue weighted by Crippen LogP contribution is 2.31. The summed E-state index contributed by atoms with van der Waals surface area (Å²) >= 11 is 0. The molecule has 0 aliphatic heterocycles. The molecule has 0 spiro atoms. The van der Waals surface area contributed by atoms with E-state index in [2.05, 4.69) is 6.92 Å². The molecule has 1 rings (SSSR count). The van der Waals surface area contributed by atoms with Crippen molar-refractivity contribution in [3.8, 4) is 5.75 Å². The fourth-order valence-corrected chi connectivity index (χ4v) is 1.54. The number of carbonyl (C=O) groups excluding carboxylic acids is 1. The Labute approximate surface area is 91.3 Å². The van der Waals surface area contributed by atoms with Crippen LogP contribution in [0.1, 0.15) is 31.9 Å². The summed E-state index contributed by atoms with van der Waals surface area (Å²) in [5.74, 6) is 0.782. The number of benzene rings is 1. The molecule has 0 atom stereocenters. The highest BCUT2D eigenvalue weighted by Gasteiger charge is 2.23. The third kappa shape index (κ3) is 2.38. The molecule has 1 aromatic carbocycles. The Hall–Kier alpha value is -1.31. The molecule has 0 bridgehead atoms. The second kappa shape index (κ2) is 4.47. The van der Waals surface area contributed by atoms with Crippen molar-refractivity contribution < 1.29 is 9.53 Å². The summed E-state index contributed by atoms with van der Waals surface area (Å²) < 4.78 is 5.27. The lowest BCUT2D eigenvalue weighted by molar-refractivity contribution is -0.111. The number of hydrogen-bond acceptors (Lipinski definition) is 2. The Kier molecular flexibility index (Phi) is 3.51. The van der Waals surface area contributed by atoms with Gasteiger partial charge in [-0.05, 0) is 31.9 Å². The molecule has 82 valence electrons. The number of aldehydes is 1. The van der Waals surface area contributed by atoms with Gasteiger partial charge in [0.2, 0.25) is 0 Å². The van der Waals surface area contributed by atoms with Gasteiger partial charge in [0, 0.05) is 11.0 Å². The van der Waals surface area contributed by atoms with E-state index < -0.39 is 5.41 Å². The average Bonchev–Trinajstić information content (AvgIpc) is 2.28. The molecule has 0 unspecified atom stereocenters. The highest BCUT2D eigenvalue weighted by molar-refractivity contribution is 5.69. The van der Waals surface area contributed by atoms with E-state index in [1.54, 1.807) is 7.11 Å². The second-order valence-corrected chi connectivity index (χ2v) is 4.23. The van der Waals surface area contributed by atoms with Crippen molar-refractivity contribution in [1.82, 2.24) is 0 Å². The second-order valence-electron chi connectivity index (χ2n) is 4.23. The third-order valence-corrected chi connectivity index (χ3v) is 2.66. The minimum Gasteiger partial charge on any atom is -0.496 e. The molecule has 0 saturated carbocycles. The molecule has 2 heteroatoms. The highest BCUT2D eigenvalue weighted by atomic mass is 16.5. The smallest absolute Gasteiger partial charge is 0.130 e. The molecule has 1 aromatic rings. The van der Waals surface area contributed by atoms with Gasteiger partial charge in [-0.3, -0.25) is 0 Å². The van der Waals surface area contributed by atoms with E-state index >= 15 is 0 Å². The van der Waals surface area contributed by atoms with Crippen molar-refractivity contribution in [3.63, 3.8) is 0 Å². The van der Waals surface area contributed by atoms with E-state index in [0.29, 0.717) is 0 Å². The first-order chi connectivity index (χ1) is 7.05. The molecular weight excluding hydrogens is 188 g/mol. The maximum absolute atomic E-state index is 11.0. The van der Waals surface area contributed by atoms with E-state index in [-0.39, 0.29) is 0 Å². The van der Waals surface area contributed by atoms with Crippen LogP contribution in [0.25, 0.3) is 0 Å². The average molecular weight is 206 g/mol. The van der Waals surface area contributed by atoms with Crippen LogP contribution in [-0.4, -0.2) is 13.4 Å². The number of rotatable bonds is 4. The van der Waals surface area contributed by atoms with E-state index in [9.17, 15) is 4.79 Å². The standard InChI is InChI=1S/C13H18O2/c1-5-10-6-7-12(15-4)11(8-10)13(2,3)9-14/h6-9H,5H2,1-4H3. The van der Waals surface area contributed by atoms with Crippen molar-refractivity contribution in [3.05, 3.63) is 29.3 Å². The molecular formula is C13H18O2. The molecule has 0 saturated heterocycles. The van der Waals surface area contributed by atoms with Crippen molar-refractivity contribution in [2.75, 3.05) is 7.11 Å². The van der Waals surface area contributed by atoms with Gasteiger partial charge >= 0.3 is 0 Å². The summed E-state index contributed by atoms with van der Waals surface area (Å²) in [6.45, 7) is 5.90. The molecule has 0 heterocycles. The monoisotopic (exact) mass is 206 g/mol.